The normalized spacial score (nSPS) is 11.8. The molecule has 0 aliphatic heterocycles. The molecule has 0 bridgehead atoms. The third-order valence-electron chi connectivity index (χ3n) is 10.4. The second-order valence-corrected chi connectivity index (χ2v) is 14.5. The predicted molar refractivity (Wildman–Crippen MR) is 221 cm³/mol. The van der Waals surface area contributed by atoms with E-state index in [1.165, 1.54) is 59.2 Å². The lowest BCUT2D eigenvalue weighted by Gasteiger charge is -2.12. The quantitative estimate of drug-likeness (QED) is 0.185. The lowest BCUT2D eigenvalue weighted by molar-refractivity contribution is 1.17. The zero-order chi connectivity index (χ0) is 34.2. The first kappa shape index (κ1) is 29.1. The van der Waals surface area contributed by atoms with Gasteiger partial charge >= 0.3 is 0 Å². The van der Waals surface area contributed by atoms with E-state index < -0.39 is 0 Å². The SMILES string of the molecule is c1ccc(-c2ccc3c4cc5ccccc5cc4n(-c4cccc(-c5nc(-c6cccc7ccccc67)c6sc7ccccc7c6n5)c4)c3c2)cc1. The highest BCUT2D eigenvalue weighted by Gasteiger charge is 2.20. The van der Waals surface area contributed by atoms with E-state index in [-0.39, 0.29) is 0 Å². The molecule has 52 heavy (non-hydrogen) atoms. The number of thiophene rings is 1. The molecule has 3 heterocycles. The lowest BCUT2D eigenvalue weighted by Crippen LogP contribution is -1.97. The fourth-order valence-electron chi connectivity index (χ4n) is 7.91. The number of benzene rings is 8. The Morgan fingerprint density at radius 1 is 0.423 bits per heavy atom. The van der Waals surface area contributed by atoms with E-state index in [0.717, 1.165) is 43.9 Å². The minimum atomic E-state index is 0.719. The van der Waals surface area contributed by atoms with Crippen molar-refractivity contribution in [2.45, 2.75) is 0 Å². The molecule has 0 saturated carbocycles. The molecule has 0 unspecified atom stereocenters. The van der Waals surface area contributed by atoms with E-state index in [1.54, 1.807) is 11.3 Å². The summed E-state index contributed by atoms with van der Waals surface area (Å²) in [5.41, 5.74) is 9.87. The molecule has 0 aliphatic carbocycles. The zero-order valence-electron chi connectivity index (χ0n) is 28.0. The Labute approximate surface area is 303 Å². The van der Waals surface area contributed by atoms with Gasteiger partial charge in [0.25, 0.3) is 0 Å². The highest BCUT2D eigenvalue weighted by molar-refractivity contribution is 7.26. The minimum absolute atomic E-state index is 0.719. The first-order chi connectivity index (χ1) is 25.8. The zero-order valence-corrected chi connectivity index (χ0v) is 28.8. The smallest absolute Gasteiger partial charge is 0.160 e. The average Bonchev–Trinajstić information content (AvgIpc) is 3.74. The summed E-state index contributed by atoms with van der Waals surface area (Å²) in [5, 5.41) is 8.47. The molecule has 0 amide bonds. The molecule has 3 nitrogen and oxygen atoms in total. The predicted octanol–water partition coefficient (Wildman–Crippen LogP) is 13.2. The highest BCUT2D eigenvalue weighted by Crippen LogP contribution is 2.42. The molecule has 3 aromatic heterocycles. The van der Waals surface area contributed by atoms with Gasteiger partial charge in [0.05, 0.1) is 26.9 Å². The van der Waals surface area contributed by atoms with E-state index in [9.17, 15) is 0 Å². The van der Waals surface area contributed by atoms with Crippen LogP contribution in [0.2, 0.25) is 0 Å². The molecule has 0 aliphatic rings. The number of nitrogens with zero attached hydrogens (tertiary/aromatic N) is 3. The van der Waals surface area contributed by atoms with Crippen LogP contribution in [0.1, 0.15) is 0 Å². The molecule has 0 atom stereocenters. The maximum Gasteiger partial charge on any atom is 0.160 e. The van der Waals surface area contributed by atoms with Gasteiger partial charge in [-0.1, -0.05) is 140 Å². The molecule has 0 spiro atoms. The van der Waals surface area contributed by atoms with E-state index in [0.29, 0.717) is 0 Å². The van der Waals surface area contributed by atoms with Gasteiger partial charge in [-0.15, -0.1) is 11.3 Å². The van der Waals surface area contributed by atoms with Crippen molar-refractivity contribution in [1.82, 2.24) is 14.5 Å². The number of hydrogen-bond acceptors (Lipinski definition) is 3. The molecule has 4 heteroatoms. The van der Waals surface area contributed by atoms with Crippen LogP contribution in [0.5, 0.6) is 0 Å². The molecule has 0 radical (unpaired) electrons. The van der Waals surface area contributed by atoms with E-state index in [2.05, 4.69) is 180 Å². The molecule has 0 N–H and O–H groups in total. The average molecular weight is 680 g/mol. The van der Waals surface area contributed by atoms with E-state index in [1.807, 2.05) is 0 Å². The van der Waals surface area contributed by atoms with Crippen molar-refractivity contribution >= 4 is 75.0 Å². The van der Waals surface area contributed by atoms with Crippen molar-refractivity contribution in [2.75, 3.05) is 0 Å². The van der Waals surface area contributed by atoms with Crippen molar-refractivity contribution in [3.63, 3.8) is 0 Å². The summed E-state index contributed by atoms with van der Waals surface area (Å²) in [6.45, 7) is 0. The van der Waals surface area contributed by atoms with Gasteiger partial charge in [-0.25, -0.2) is 9.97 Å². The third-order valence-corrected chi connectivity index (χ3v) is 11.5. The first-order valence-electron chi connectivity index (χ1n) is 17.6. The second-order valence-electron chi connectivity index (χ2n) is 13.4. The van der Waals surface area contributed by atoms with Gasteiger partial charge in [-0.05, 0) is 69.1 Å². The Hall–Kier alpha value is -6.62. The van der Waals surface area contributed by atoms with Gasteiger partial charge in [0.2, 0.25) is 0 Å². The molecule has 11 aromatic rings. The Balaban J connectivity index is 1.18. The van der Waals surface area contributed by atoms with Crippen molar-refractivity contribution in [3.05, 3.63) is 176 Å². The molecular weight excluding hydrogens is 651 g/mol. The third kappa shape index (κ3) is 4.51. The van der Waals surface area contributed by atoms with Crippen LogP contribution in [0, 0.1) is 0 Å². The molecule has 0 saturated heterocycles. The summed E-state index contributed by atoms with van der Waals surface area (Å²) in [6.07, 6.45) is 0. The van der Waals surface area contributed by atoms with Crippen LogP contribution < -0.4 is 0 Å². The van der Waals surface area contributed by atoms with Crippen molar-refractivity contribution in [3.8, 4) is 39.5 Å². The fraction of sp³-hybridized carbons (Fsp3) is 0. The minimum Gasteiger partial charge on any atom is -0.309 e. The van der Waals surface area contributed by atoms with Crippen LogP contribution in [0.25, 0.3) is 103 Å². The monoisotopic (exact) mass is 679 g/mol. The maximum absolute atomic E-state index is 5.42. The standard InChI is InChI=1S/C48H29N3S/c1-2-12-30(13-3-1)34-24-25-38-41-27-32-15-4-5-16-33(32)28-43(41)51(42(38)29-34)36-19-10-18-35(26-36)48-49-45(39-22-11-17-31-14-6-7-20-37(31)39)47-46(50-48)40-21-8-9-23-44(40)52-47/h1-29H. The number of hydrogen-bond donors (Lipinski definition) is 0. The Morgan fingerprint density at radius 3 is 2.00 bits per heavy atom. The number of fused-ring (bicyclic) bond motifs is 8. The number of rotatable bonds is 4. The molecule has 242 valence electrons. The summed E-state index contributed by atoms with van der Waals surface area (Å²) in [6, 6.07) is 63.2. The Bertz CT molecular complexity index is 3180. The highest BCUT2D eigenvalue weighted by atomic mass is 32.1. The van der Waals surface area contributed by atoms with Crippen LogP contribution in [-0.4, -0.2) is 14.5 Å². The Kier molecular flexibility index (Phi) is 6.42. The van der Waals surface area contributed by atoms with E-state index >= 15 is 0 Å². The molecule has 8 aromatic carbocycles. The largest absolute Gasteiger partial charge is 0.309 e. The van der Waals surface area contributed by atoms with Gasteiger partial charge < -0.3 is 4.57 Å². The molecule has 0 fully saturated rings. The van der Waals surface area contributed by atoms with Gasteiger partial charge in [0.15, 0.2) is 5.82 Å². The van der Waals surface area contributed by atoms with E-state index in [4.69, 9.17) is 9.97 Å². The van der Waals surface area contributed by atoms with Gasteiger partial charge in [-0.3, -0.25) is 0 Å². The maximum atomic E-state index is 5.42. The molecule has 11 rings (SSSR count). The van der Waals surface area contributed by atoms with Crippen LogP contribution in [0.4, 0.5) is 0 Å². The van der Waals surface area contributed by atoms with Crippen molar-refractivity contribution < 1.29 is 0 Å². The van der Waals surface area contributed by atoms with Gasteiger partial charge in [0, 0.05) is 37.7 Å². The van der Waals surface area contributed by atoms with Gasteiger partial charge in [0.1, 0.15) is 0 Å². The van der Waals surface area contributed by atoms with Gasteiger partial charge in [-0.2, -0.15) is 0 Å². The van der Waals surface area contributed by atoms with Crippen molar-refractivity contribution in [2.24, 2.45) is 0 Å². The summed E-state index contributed by atoms with van der Waals surface area (Å²) >= 11 is 1.77. The van der Waals surface area contributed by atoms with Crippen molar-refractivity contribution in [1.29, 1.82) is 0 Å². The first-order valence-corrected chi connectivity index (χ1v) is 18.4. The fourth-order valence-corrected chi connectivity index (χ4v) is 9.06. The Morgan fingerprint density at radius 2 is 1.12 bits per heavy atom. The molecular formula is C48H29N3S. The van der Waals surface area contributed by atoms with Crippen LogP contribution in [0.3, 0.4) is 0 Å². The summed E-state index contributed by atoms with van der Waals surface area (Å²) < 4.78 is 4.74. The number of aromatic nitrogens is 3. The summed E-state index contributed by atoms with van der Waals surface area (Å²) in [7, 11) is 0. The lowest BCUT2D eigenvalue weighted by atomic mass is 10.0. The summed E-state index contributed by atoms with van der Waals surface area (Å²) in [4.78, 5) is 10.8. The topological polar surface area (TPSA) is 30.7 Å². The van der Waals surface area contributed by atoms with Crippen LogP contribution in [-0.2, 0) is 0 Å². The van der Waals surface area contributed by atoms with Crippen LogP contribution in [0.15, 0.2) is 176 Å². The summed E-state index contributed by atoms with van der Waals surface area (Å²) in [5.74, 6) is 0.719. The van der Waals surface area contributed by atoms with Crippen LogP contribution >= 0.6 is 11.3 Å². The second kappa shape index (κ2) is 11.5.